The number of carbonyl (C=O) groups is 2. The molecule has 2 rings (SSSR count). The molecule has 28 heavy (non-hydrogen) atoms. The fourth-order valence-corrected chi connectivity index (χ4v) is 2.80. The lowest BCUT2D eigenvalue weighted by molar-refractivity contribution is -0.120. The summed E-state index contributed by atoms with van der Waals surface area (Å²) in [5.41, 5.74) is 2.53. The molecule has 0 saturated carbocycles. The molecule has 0 aromatic heterocycles. The van der Waals surface area contributed by atoms with Crippen molar-refractivity contribution in [2.75, 3.05) is 16.8 Å². The second kappa shape index (κ2) is 8.91. The van der Waals surface area contributed by atoms with Crippen molar-refractivity contribution in [3.8, 4) is 5.75 Å². The number of para-hydroxylation sites is 2. The van der Waals surface area contributed by atoms with Gasteiger partial charge in [0.2, 0.25) is 11.8 Å². The Balaban J connectivity index is 2.15. The molecule has 1 N–H and O–H groups in total. The molecule has 2 amide bonds. The van der Waals surface area contributed by atoms with Crippen LogP contribution in [0, 0.1) is 0 Å². The van der Waals surface area contributed by atoms with Gasteiger partial charge >= 0.3 is 0 Å². The fourth-order valence-electron chi connectivity index (χ4n) is 2.80. The van der Waals surface area contributed by atoms with Gasteiger partial charge in [0, 0.05) is 12.6 Å². The van der Waals surface area contributed by atoms with E-state index < -0.39 is 0 Å². The first kappa shape index (κ1) is 21.5. The highest BCUT2D eigenvalue weighted by atomic mass is 16.5. The molecule has 0 spiro atoms. The number of hydrogen-bond donors (Lipinski definition) is 1. The minimum Gasteiger partial charge on any atom is -0.489 e. The van der Waals surface area contributed by atoms with Gasteiger partial charge in [-0.1, -0.05) is 45.0 Å². The van der Waals surface area contributed by atoms with Crippen LogP contribution in [0.4, 0.5) is 11.4 Å². The van der Waals surface area contributed by atoms with Crippen molar-refractivity contribution in [2.24, 2.45) is 0 Å². The average molecular weight is 383 g/mol. The van der Waals surface area contributed by atoms with Crippen LogP contribution in [0.15, 0.2) is 48.5 Å². The maximum atomic E-state index is 12.6. The van der Waals surface area contributed by atoms with Crippen molar-refractivity contribution in [1.29, 1.82) is 0 Å². The number of rotatable bonds is 6. The van der Waals surface area contributed by atoms with E-state index in [4.69, 9.17) is 4.74 Å². The summed E-state index contributed by atoms with van der Waals surface area (Å²) in [4.78, 5) is 26.2. The Hall–Kier alpha value is -2.82. The van der Waals surface area contributed by atoms with Gasteiger partial charge < -0.3 is 10.1 Å². The second-order valence-corrected chi connectivity index (χ2v) is 8.12. The van der Waals surface area contributed by atoms with E-state index in [0.29, 0.717) is 17.1 Å². The molecule has 0 atom stereocenters. The molecule has 2 aromatic carbocycles. The van der Waals surface area contributed by atoms with Crippen LogP contribution in [0.5, 0.6) is 5.75 Å². The molecule has 0 unspecified atom stereocenters. The van der Waals surface area contributed by atoms with Crippen molar-refractivity contribution in [2.45, 2.75) is 53.1 Å². The first-order valence-electron chi connectivity index (χ1n) is 9.52. The van der Waals surface area contributed by atoms with E-state index in [-0.39, 0.29) is 29.9 Å². The number of anilines is 2. The molecule has 2 aromatic rings. The van der Waals surface area contributed by atoms with Gasteiger partial charge in [0.15, 0.2) is 0 Å². The van der Waals surface area contributed by atoms with Crippen molar-refractivity contribution >= 4 is 23.2 Å². The average Bonchev–Trinajstić information content (AvgIpc) is 2.59. The van der Waals surface area contributed by atoms with Crippen molar-refractivity contribution in [3.05, 3.63) is 54.1 Å². The van der Waals surface area contributed by atoms with Crippen molar-refractivity contribution in [1.82, 2.24) is 0 Å². The highest BCUT2D eigenvalue weighted by Gasteiger charge is 2.20. The van der Waals surface area contributed by atoms with E-state index in [1.807, 2.05) is 50.2 Å². The first-order valence-corrected chi connectivity index (χ1v) is 9.52. The number of ether oxygens (including phenoxy) is 1. The van der Waals surface area contributed by atoms with Gasteiger partial charge in [-0.05, 0) is 49.1 Å². The van der Waals surface area contributed by atoms with E-state index in [9.17, 15) is 9.59 Å². The van der Waals surface area contributed by atoms with Crippen LogP contribution in [0.3, 0.4) is 0 Å². The predicted octanol–water partition coefficient (Wildman–Crippen LogP) is 4.76. The van der Waals surface area contributed by atoms with Gasteiger partial charge in [0.05, 0.1) is 11.8 Å². The van der Waals surface area contributed by atoms with Gasteiger partial charge in [-0.25, -0.2) is 0 Å². The van der Waals surface area contributed by atoms with E-state index in [1.54, 1.807) is 12.1 Å². The van der Waals surface area contributed by atoms with Gasteiger partial charge in [-0.3, -0.25) is 14.5 Å². The highest BCUT2D eigenvalue weighted by Crippen LogP contribution is 2.29. The van der Waals surface area contributed by atoms with Gasteiger partial charge in [0.25, 0.3) is 0 Å². The molecule has 0 heterocycles. The Labute approximate surface area is 167 Å². The topological polar surface area (TPSA) is 58.6 Å². The molecular weight excluding hydrogens is 352 g/mol. The van der Waals surface area contributed by atoms with E-state index in [1.165, 1.54) is 17.4 Å². The summed E-state index contributed by atoms with van der Waals surface area (Å²) < 4.78 is 5.80. The van der Waals surface area contributed by atoms with Gasteiger partial charge in [-0.2, -0.15) is 0 Å². The summed E-state index contributed by atoms with van der Waals surface area (Å²) >= 11 is 0. The van der Waals surface area contributed by atoms with Crippen LogP contribution in [0.1, 0.15) is 47.1 Å². The number of amides is 2. The summed E-state index contributed by atoms with van der Waals surface area (Å²) in [6.45, 7) is 11.6. The van der Waals surface area contributed by atoms with Crippen LogP contribution in [0.2, 0.25) is 0 Å². The molecule has 0 aliphatic carbocycles. The molecule has 5 heteroatoms. The third-order valence-electron chi connectivity index (χ3n) is 4.24. The van der Waals surface area contributed by atoms with E-state index in [2.05, 4.69) is 26.1 Å². The lowest BCUT2D eigenvalue weighted by Crippen LogP contribution is -2.37. The Morgan fingerprint density at radius 1 is 1.04 bits per heavy atom. The zero-order valence-corrected chi connectivity index (χ0v) is 17.6. The quantitative estimate of drug-likeness (QED) is 0.783. The molecule has 0 fully saturated rings. The van der Waals surface area contributed by atoms with Crippen LogP contribution in [-0.2, 0) is 15.0 Å². The smallest absolute Gasteiger partial charge is 0.244 e. The third kappa shape index (κ3) is 5.84. The number of carbonyl (C=O) groups excluding carboxylic acids is 2. The predicted molar refractivity (Wildman–Crippen MR) is 114 cm³/mol. The maximum Gasteiger partial charge on any atom is 0.244 e. The Kier molecular flexibility index (Phi) is 6.84. The number of hydrogen-bond acceptors (Lipinski definition) is 3. The molecule has 0 aliphatic heterocycles. The van der Waals surface area contributed by atoms with Crippen LogP contribution in [0.25, 0.3) is 0 Å². The largest absolute Gasteiger partial charge is 0.489 e. The SMILES string of the molecule is CC(=O)N(CC(=O)Nc1ccc(C(C)(C)C)cc1)c1ccccc1OC(C)C. The monoisotopic (exact) mass is 382 g/mol. The standard InChI is InChI=1S/C23H30N2O3/c1-16(2)28-21-10-8-7-9-20(21)25(17(3)26)15-22(27)24-19-13-11-18(12-14-19)23(4,5)6/h7-14,16H,15H2,1-6H3,(H,24,27). The summed E-state index contributed by atoms with van der Waals surface area (Å²) in [7, 11) is 0. The fraction of sp³-hybridized carbons (Fsp3) is 0.391. The molecule has 5 nitrogen and oxygen atoms in total. The van der Waals surface area contributed by atoms with Crippen LogP contribution in [-0.4, -0.2) is 24.5 Å². The zero-order chi connectivity index (χ0) is 20.9. The van der Waals surface area contributed by atoms with Crippen LogP contribution < -0.4 is 15.0 Å². The minimum absolute atomic E-state index is 0.0369. The summed E-state index contributed by atoms with van der Waals surface area (Å²) in [6.07, 6.45) is -0.0369. The number of nitrogens with one attached hydrogen (secondary N) is 1. The molecule has 0 saturated heterocycles. The molecule has 0 radical (unpaired) electrons. The molecular formula is C23H30N2O3. The van der Waals surface area contributed by atoms with Crippen LogP contribution >= 0.6 is 0 Å². The zero-order valence-electron chi connectivity index (χ0n) is 17.6. The molecule has 0 bridgehead atoms. The van der Waals surface area contributed by atoms with Gasteiger partial charge in [0.1, 0.15) is 12.3 Å². The third-order valence-corrected chi connectivity index (χ3v) is 4.24. The second-order valence-electron chi connectivity index (χ2n) is 8.12. The van der Waals surface area contributed by atoms with Crippen molar-refractivity contribution in [3.63, 3.8) is 0 Å². The molecule has 0 aliphatic rings. The Morgan fingerprint density at radius 3 is 2.18 bits per heavy atom. The summed E-state index contributed by atoms with van der Waals surface area (Å²) in [5.74, 6) is 0.0890. The van der Waals surface area contributed by atoms with Crippen molar-refractivity contribution < 1.29 is 14.3 Å². The normalized spacial score (nSPS) is 11.2. The Morgan fingerprint density at radius 2 is 1.64 bits per heavy atom. The number of benzene rings is 2. The van der Waals surface area contributed by atoms with E-state index >= 15 is 0 Å². The summed E-state index contributed by atoms with van der Waals surface area (Å²) in [5, 5.41) is 2.86. The first-order chi connectivity index (χ1) is 13.1. The highest BCUT2D eigenvalue weighted by molar-refractivity contribution is 6.02. The lowest BCUT2D eigenvalue weighted by Gasteiger charge is -2.24. The molecule has 150 valence electrons. The lowest BCUT2D eigenvalue weighted by atomic mass is 9.87. The number of nitrogens with zero attached hydrogens (tertiary/aromatic N) is 1. The van der Waals surface area contributed by atoms with E-state index in [0.717, 1.165) is 0 Å². The Bertz CT molecular complexity index is 820. The maximum absolute atomic E-state index is 12.6. The minimum atomic E-state index is -0.266. The summed E-state index contributed by atoms with van der Waals surface area (Å²) in [6, 6.07) is 15.0. The van der Waals surface area contributed by atoms with Gasteiger partial charge in [-0.15, -0.1) is 0 Å².